The van der Waals surface area contributed by atoms with E-state index in [9.17, 15) is 0 Å². The lowest BCUT2D eigenvalue weighted by molar-refractivity contribution is -0.123. The Bertz CT molecular complexity index is 372. The van der Waals surface area contributed by atoms with Crippen molar-refractivity contribution in [1.29, 1.82) is 0 Å². The van der Waals surface area contributed by atoms with Crippen molar-refractivity contribution >= 4 is 0 Å². The van der Waals surface area contributed by atoms with Gasteiger partial charge in [-0.1, -0.05) is 53.2 Å². The summed E-state index contributed by atoms with van der Waals surface area (Å²) in [4.78, 5) is 0. The molecule has 2 heteroatoms. The molecule has 0 aliphatic carbocycles. The SMILES string of the molecule is CCCC(CC)OC(CC)Oc1ccc(C(C)CC)cc1. The minimum Gasteiger partial charge on any atom is -0.465 e. The summed E-state index contributed by atoms with van der Waals surface area (Å²) < 4.78 is 12.1. The number of hydrogen-bond acceptors (Lipinski definition) is 2. The highest BCUT2D eigenvalue weighted by Crippen LogP contribution is 2.23. The van der Waals surface area contributed by atoms with Gasteiger partial charge in [0.15, 0.2) is 6.29 Å². The Morgan fingerprint density at radius 3 is 2.05 bits per heavy atom. The van der Waals surface area contributed by atoms with Crippen LogP contribution in [0.4, 0.5) is 0 Å². The van der Waals surface area contributed by atoms with Gasteiger partial charge >= 0.3 is 0 Å². The molecule has 1 aromatic rings. The first-order chi connectivity index (χ1) is 10.1. The molecule has 0 saturated heterocycles. The normalized spacial score (nSPS) is 15.5. The second-order valence-electron chi connectivity index (χ2n) is 5.79. The minimum absolute atomic E-state index is 0.143. The highest BCUT2D eigenvalue weighted by atomic mass is 16.7. The second kappa shape index (κ2) is 9.83. The maximum atomic E-state index is 6.07. The summed E-state index contributed by atoms with van der Waals surface area (Å²) in [5.74, 6) is 1.51. The molecule has 0 amide bonds. The van der Waals surface area contributed by atoms with Crippen molar-refractivity contribution in [2.75, 3.05) is 0 Å². The summed E-state index contributed by atoms with van der Waals surface area (Å²) >= 11 is 0. The standard InChI is InChI=1S/C19H32O2/c1-6-10-17(8-3)20-19(9-4)21-18-13-11-16(12-14-18)15(5)7-2/h11-15,17,19H,6-10H2,1-5H3. The van der Waals surface area contributed by atoms with Gasteiger partial charge in [0.2, 0.25) is 0 Å². The van der Waals surface area contributed by atoms with Gasteiger partial charge in [0.1, 0.15) is 5.75 Å². The largest absolute Gasteiger partial charge is 0.465 e. The zero-order chi connectivity index (χ0) is 15.7. The van der Waals surface area contributed by atoms with Crippen molar-refractivity contribution in [3.63, 3.8) is 0 Å². The average Bonchev–Trinajstić information content (AvgIpc) is 2.53. The molecule has 120 valence electrons. The lowest BCUT2D eigenvalue weighted by Gasteiger charge is -2.24. The fraction of sp³-hybridized carbons (Fsp3) is 0.684. The molecule has 0 aliphatic rings. The Balaban J connectivity index is 2.60. The van der Waals surface area contributed by atoms with Crippen LogP contribution in [0.25, 0.3) is 0 Å². The van der Waals surface area contributed by atoms with Crippen LogP contribution in [0, 0.1) is 0 Å². The van der Waals surface area contributed by atoms with Crippen molar-refractivity contribution in [2.45, 2.75) is 85.0 Å². The molecule has 21 heavy (non-hydrogen) atoms. The molecular formula is C19H32O2. The van der Waals surface area contributed by atoms with Gasteiger partial charge in [0, 0.05) is 6.42 Å². The van der Waals surface area contributed by atoms with E-state index in [1.807, 2.05) is 0 Å². The first-order valence-corrected chi connectivity index (χ1v) is 8.56. The van der Waals surface area contributed by atoms with Gasteiger partial charge in [-0.15, -0.1) is 0 Å². The molecule has 0 N–H and O–H groups in total. The van der Waals surface area contributed by atoms with Crippen molar-refractivity contribution in [3.8, 4) is 5.75 Å². The van der Waals surface area contributed by atoms with Crippen LogP contribution in [0.2, 0.25) is 0 Å². The van der Waals surface area contributed by atoms with Gasteiger partial charge in [0.25, 0.3) is 0 Å². The highest BCUT2D eigenvalue weighted by Gasteiger charge is 2.15. The summed E-state index contributed by atoms with van der Waals surface area (Å²) in [6.07, 6.45) is 5.49. The third kappa shape index (κ3) is 6.09. The van der Waals surface area contributed by atoms with E-state index in [1.165, 1.54) is 5.56 Å². The van der Waals surface area contributed by atoms with Crippen LogP contribution in [-0.4, -0.2) is 12.4 Å². The van der Waals surface area contributed by atoms with Crippen LogP contribution >= 0.6 is 0 Å². The third-order valence-corrected chi connectivity index (χ3v) is 4.07. The molecule has 0 aliphatic heterocycles. The quantitative estimate of drug-likeness (QED) is 0.499. The Morgan fingerprint density at radius 2 is 1.57 bits per heavy atom. The molecule has 1 rings (SSSR count). The zero-order valence-electron chi connectivity index (χ0n) is 14.4. The van der Waals surface area contributed by atoms with Gasteiger partial charge in [-0.05, 0) is 42.9 Å². The van der Waals surface area contributed by atoms with Crippen LogP contribution in [0.1, 0.15) is 78.2 Å². The Labute approximate surface area is 130 Å². The van der Waals surface area contributed by atoms with Crippen LogP contribution in [0.5, 0.6) is 5.75 Å². The highest BCUT2D eigenvalue weighted by molar-refractivity contribution is 5.29. The van der Waals surface area contributed by atoms with Crippen LogP contribution in [0.15, 0.2) is 24.3 Å². The summed E-state index contributed by atoms with van der Waals surface area (Å²) in [6.45, 7) is 10.9. The topological polar surface area (TPSA) is 18.5 Å². The Kier molecular flexibility index (Phi) is 8.44. The van der Waals surface area contributed by atoms with E-state index in [0.717, 1.165) is 37.9 Å². The molecule has 0 bridgehead atoms. The summed E-state index contributed by atoms with van der Waals surface area (Å²) in [5.41, 5.74) is 1.37. The molecule has 0 saturated carbocycles. The molecule has 2 nitrogen and oxygen atoms in total. The molecule has 3 atom stereocenters. The molecule has 0 spiro atoms. The van der Waals surface area contributed by atoms with E-state index in [-0.39, 0.29) is 6.29 Å². The number of hydrogen-bond donors (Lipinski definition) is 0. The summed E-state index contributed by atoms with van der Waals surface area (Å²) in [5, 5.41) is 0. The molecule has 0 fully saturated rings. The lowest BCUT2D eigenvalue weighted by Crippen LogP contribution is -2.26. The number of benzene rings is 1. The van der Waals surface area contributed by atoms with Gasteiger partial charge in [-0.25, -0.2) is 0 Å². The summed E-state index contributed by atoms with van der Waals surface area (Å²) in [6, 6.07) is 8.46. The van der Waals surface area contributed by atoms with Gasteiger partial charge in [0.05, 0.1) is 6.10 Å². The summed E-state index contributed by atoms with van der Waals surface area (Å²) in [7, 11) is 0. The van der Waals surface area contributed by atoms with Gasteiger partial charge < -0.3 is 9.47 Å². The van der Waals surface area contributed by atoms with Gasteiger partial charge in [-0.3, -0.25) is 0 Å². The van der Waals surface area contributed by atoms with E-state index in [1.54, 1.807) is 0 Å². The fourth-order valence-corrected chi connectivity index (χ4v) is 2.37. The van der Waals surface area contributed by atoms with Crippen molar-refractivity contribution in [1.82, 2.24) is 0 Å². The number of rotatable bonds is 10. The Morgan fingerprint density at radius 1 is 0.905 bits per heavy atom. The van der Waals surface area contributed by atoms with E-state index in [2.05, 4.69) is 58.9 Å². The van der Waals surface area contributed by atoms with Crippen LogP contribution in [-0.2, 0) is 4.74 Å². The minimum atomic E-state index is -0.143. The lowest BCUT2D eigenvalue weighted by atomic mass is 9.99. The maximum absolute atomic E-state index is 6.07. The van der Waals surface area contributed by atoms with Crippen molar-refractivity contribution < 1.29 is 9.47 Å². The smallest absolute Gasteiger partial charge is 0.199 e. The molecular weight excluding hydrogens is 260 g/mol. The predicted molar refractivity (Wildman–Crippen MR) is 89.9 cm³/mol. The first-order valence-electron chi connectivity index (χ1n) is 8.56. The second-order valence-corrected chi connectivity index (χ2v) is 5.79. The molecule has 1 aromatic carbocycles. The fourth-order valence-electron chi connectivity index (χ4n) is 2.37. The zero-order valence-corrected chi connectivity index (χ0v) is 14.4. The van der Waals surface area contributed by atoms with Crippen LogP contribution in [0.3, 0.4) is 0 Å². The third-order valence-electron chi connectivity index (χ3n) is 4.07. The monoisotopic (exact) mass is 292 g/mol. The Hall–Kier alpha value is -1.02. The van der Waals surface area contributed by atoms with Crippen LogP contribution < -0.4 is 4.74 Å². The first kappa shape index (κ1) is 18.0. The van der Waals surface area contributed by atoms with Crippen molar-refractivity contribution in [2.24, 2.45) is 0 Å². The molecule has 3 unspecified atom stereocenters. The van der Waals surface area contributed by atoms with E-state index < -0.39 is 0 Å². The van der Waals surface area contributed by atoms with E-state index >= 15 is 0 Å². The molecule has 0 radical (unpaired) electrons. The van der Waals surface area contributed by atoms with Crippen molar-refractivity contribution in [3.05, 3.63) is 29.8 Å². The predicted octanol–water partition coefficient (Wildman–Crippen LogP) is 5.91. The average molecular weight is 292 g/mol. The molecule has 0 aromatic heterocycles. The van der Waals surface area contributed by atoms with E-state index in [0.29, 0.717) is 12.0 Å². The van der Waals surface area contributed by atoms with Gasteiger partial charge in [-0.2, -0.15) is 0 Å². The molecule has 0 heterocycles. The number of ether oxygens (including phenoxy) is 2. The maximum Gasteiger partial charge on any atom is 0.199 e. The van der Waals surface area contributed by atoms with E-state index in [4.69, 9.17) is 9.47 Å².